The van der Waals surface area contributed by atoms with E-state index in [9.17, 15) is 13.2 Å². The summed E-state index contributed by atoms with van der Waals surface area (Å²) in [6.45, 7) is 3.44. The molecule has 106 valence electrons. The molecule has 0 aliphatic carbocycles. The fourth-order valence-electron chi connectivity index (χ4n) is 1.32. The van der Waals surface area contributed by atoms with Gasteiger partial charge in [-0.3, -0.25) is 10.2 Å². The van der Waals surface area contributed by atoms with Crippen LogP contribution in [0.1, 0.15) is 13.8 Å². The number of benzene rings is 1. The van der Waals surface area contributed by atoms with E-state index >= 15 is 0 Å². The number of hydrogen-bond donors (Lipinski definition) is 2. The van der Waals surface area contributed by atoms with Gasteiger partial charge < -0.3 is 4.74 Å². The quantitative estimate of drug-likeness (QED) is 0.466. The smallest absolute Gasteiger partial charge is 0.242 e. The number of amides is 1. The molecule has 0 bridgehead atoms. The first-order valence-corrected chi connectivity index (χ1v) is 7.50. The van der Waals surface area contributed by atoms with Gasteiger partial charge in [0.2, 0.25) is 5.91 Å². The molecule has 1 amide bonds. The second-order valence-electron chi connectivity index (χ2n) is 4.89. The number of sulfone groups is 1. The summed E-state index contributed by atoms with van der Waals surface area (Å²) in [7, 11) is -3.28. The number of hydrogen-bond acceptors (Lipinski definition) is 5. The van der Waals surface area contributed by atoms with Gasteiger partial charge in [-0.2, -0.15) is 0 Å². The number of nitrogens with one attached hydrogen (secondary N) is 1. The van der Waals surface area contributed by atoms with Crippen LogP contribution in [0.25, 0.3) is 0 Å². The highest BCUT2D eigenvalue weighted by Crippen LogP contribution is 2.21. The van der Waals surface area contributed by atoms with Crippen LogP contribution in [0, 0.1) is 5.41 Å². The lowest BCUT2D eigenvalue weighted by Gasteiger charge is -2.22. The summed E-state index contributed by atoms with van der Waals surface area (Å²) >= 11 is 0. The van der Waals surface area contributed by atoms with Gasteiger partial charge in [0, 0.05) is 6.26 Å². The normalized spacial score (nSPS) is 12.0. The maximum atomic E-state index is 11.5. The van der Waals surface area contributed by atoms with Crippen LogP contribution in [0.3, 0.4) is 0 Å². The van der Waals surface area contributed by atoms with E-state index < -0.39 is 15.3 Å². The largest absolute Gasteiger partial charge is 0.492 e. The molecule has 0 atom stereocenters. The van der Waals surface area contributed by atoms with Crippen molar-refractivity contribution in [1.82, 2.24) is 5.43 Å². The van der Waals surface area contributed by atoms with E-state index in [2.05, 4.69) is 5.43 Å². The summed E-state index contributed by atoms with van der Waals surface area (Å²) in [5.74, 6) is 5.11. The monoisotopic (exact) mass is 286 g/mol. The maximum Gasteiger partial charge on any atom is 0.242 e. The molecule has 0 saturated carbocycles. The molecule has 7 heteroatoms. The summed E-state index contributed by atoms with van der Waals surface area (Å²) in [5.41, 5.74) is 1.25. The Hall–Kier alpha value is -1.60. The van der Waals surface area contributed by atoms with Gasteiger partial charge in [0.1, 0.15) is 12.4 Å². The first-order chi connectivity index (χ1) is 8.66. The van der Waals surface area contributed by atoms with Crippen LogP contribution in [0.5, 0.6) is 5.75 Å². The van der Waals surface area contributed by atoms with E-state index in [4.69, 9.17) is 10.6 Å². The van der Waals surface area contributed by atoms with Crippen molar-refractivity contribution in [2.45, 2.75) is 18.7 Å². The lowest BCUT2D eigenvalue weighted by molar-refractivity contribution is -0.130. The average molecular weight is 286 g/mol. The summed E-state index contributed by atoms with van der Waals surface area (Å²) in [6, 6.07) is 6.12. The Labute approximate surface area is 112 Å². The minimum absolute atomic E-state index is 0.0866. The van der Waals surface area contributed by atoms with Gasteiger partial charge in [0.15, 0.2) is 9.84 Å². The van der Waals surface area contributed by atoms with E-state index in [0.717, 1.165) is 6.26 Å². The predicted molar refractivity (Wildman–Crippen MR) is 71.2 cm³/mol. The summed E-state index contributed by atoms with van der Waals surface area (Å²) in [6.07, 6.45) is 1.12. The zero-order valence-electron chi connectivity index (χ0n) is 11.1. The van der Waals surface area contributed by atoms with Gasteiger partial charge in [0.25, 0.3) is 0 Å². The molecular weight excluding hydrogens is 268 g/mol. The molecule has 19 heavy (non-hydrogen) atoms. The molecule has 1 aromatic carbocycles. The Balaban J connectivity index is 2.82. The molecule has 0 aliphatic heterocycles. The van der Waals surface area contributed by atoms with Gasteiger partial charge in [-0.05, 0) is 32.0 Å². The van der Waals surface area contributed by atoms with E-state index in [1.807, 2.05) is 0 Å². The van der Waals surface area contributed by atoms with Crippen LogP contribution < -0.4 is 16.0 Å². The Morgan fingerprint density at radius 1 is 1.42 bits per heavy atom. The third-order valence-corrected chi connectivity index (χ3v) is 3.69. The molecule has 3 N–H and O–H groups in total. The molecule has 0 fully saturated rings. The Bertz CT molecular complexity index is 567. The number of ether oxygens (including phenoxy) is 1. The molecule has 0 aromatic heterocycles. The third kappa shape index (κ3) is 4.22. The molecular formula is C12H18N2O4S. The SMILES string of the molecule is CC(C)(COc1cccc(S(C)(=O)=O)c1)C(=O)NN. The van der Waals surface area contributed by atoms with Crippen molar-refractivity contribution in [3.05, 3.63) is 24.3 Å². The minimum Gasteiger partial charge on any atom is -0.492 e. The molecule has 0 heterocycles. The van der Waals surface area contributed by atoms with Gasteiger partial charge in [-0.25, -0.2) is 14.3 Å². The van der Waals surface area contributed by atoms with Crippen LogP contribution in [-0.2, 0) is 14.6 Å². The zero-order chi connectivity index (χ0) is 14.7. The van der Waals surface area contributed by atoms with Crippen molar-refractivity contribution in [3.8, 4) is 5.75 Å². The predicted octanol–water partition coefficient (Wildman–Crippen LogP) is 0.485. The summed E-state index contributed by atoms with van der Waals surface area (Å²) in [4.78, 5) is 11.6. The van der Waals surface area contributed by atoms with Crippen molar-refractivity contribution in [2.24, 2.45) is 11.3 Å². The number of carbonyl (C=O) groups excluding carboxylic acids is 1. The van der Waals surface area contributed by atoms with Crippen molar-refractivity contribution in [1.29, 1.82) is 0 Å². The third-order valence-electron chi connectivity index (χ3n) is 2.58. The molecule has 0 spiro atoms. The highest BCUT2D eigenvalue weighted by molar-refractivity contribution is 7.90. The second-order valence-corrected chi connectivity index (χ2v) is 6.91. The highest BCUT2D eigenvalue weighted by Gasteiger charge is 2.28. The fourth-order valence-corrected chi connectivity index (χ4v) is 1.98. The summed E-state index contributed by atoms with van der Waals surface area (Å²) < 4.78 is 28.3. The van der Waals surface area contributed by atoms with Gasteiger partial charge in [-0.15, -0.1) is 0 Å². The van der Waals surface area contributed by atoms with E-state index in [1.54, 1.807) is 26.0 Å². The summed E-state index contributed by atoms with van der Waals surface area (Å²) in [5, 5.41) is 0. The zero-order valence-corrected chi connectivity index (χ0v) is 12.0. The Morgan fingerprint density at radius 3 is 2.58 bits per heavy atom. The van der Waals surface area contributed by atoms with Crippen LogP contribution >= 0.6 is 0 Å². The van der Waals surface area contributed by atoms with E-state index in [0.29, 0.717) is 5.75 Å². The van der Waals surface area contributed by atoms with Crippen molar-refractivity contribution >= 4 is 15.7 Å². The molecule has 0 saturated heterocycles. The Morgan fingerprint density at radius 2 is 2.05 bits per heavy atom. The number of rotatable bonds is 5. The van der Waals surface area contributed by atoms with E-state index in [-0.39, 0.29) is 17.4 Å². The number of carbonyl (C=O) groups is 1. The topological polar surface area (TPSA) is 98.5 Å². The Kier molecular flexibility index (Phi) is 4.54. The van der Waals surface area contributed by atoms with Crippen LogP contribution in [0.4, 0.5) is 0 Å². The highest BCUT2D eigenvalue weighted by atomic mass is 32.2. The van der Waals surface area contributed by atoms with E-state index in [1.165, 1.54) is 12.1 Å². The van der Waals surface area contributed by atoms with Crippen LogP contribution in [-0.4, -0.2) is 27.2 Å². The van der Waals surface area contributed by atoms with Gasteiger partial charge in [-0.1, -0.05) is 6.07 Å². The molecule has 0 radical (unpaired) electrons. The van der Waals surface area contributed by atoms with Crippen molar-refractivity contribution in [2.75, 3.05) is 12.9 Å². The maximum absolute atomic E-state index is 11.5. The molecule has 6 nitrogen and oxygen atoms in total. The first kappa shape index (κ1) is 15.5. The second kappa shape index (κ2) is 5.58. The number of hydrazine groups is 1. The average Bonchev–Trinajstić information content (AvgIpc) is 2.35. The van der Waals surface area contributed by atoms with Crippen LogP contribution in [0.15, 0.2) is 29.2 Å². The molecule has 1 aromatic rings. The van der Waals surface area contributed by atoms with Gasteiger partial charge in [0.05, 0.1) is 10.3 Å². The fraction of sp³-hybridized carbons (Fsp3) is 0.417. The number of nitrogens with two attached hydrogens (primary N) is 1. The van der Waals surface area contributed by atoms with Crippen molar-refractivity contribution < 1.29 is 17.9 Å². The minimum atomic E-state index is -3.28. The molecule has 0 aliphatic rings. The first-order valence-electron chi connectivity index (χ1n) is 5.61. The lowest BCUT2D eigenvalue weighted by atomic mass is 9.94. The van der Waals surface area contributed by atoms with Gasteiger partial charge >= 0.3 is 0 Å². The standard InChI is InChI=1S/C12H18N2O4S/c1-12(2,11(15)14-13)8-18-9-5-4-6-10(7-9)19(3,16)17/h4-7H,8,13H2,1-3H3,(H,14,15). The van der Waals surface area contributed by atoms with Crippen molar-refractivity contribution in [3.63, 3.8) is 0 Å². The molecule has 0 unspecified atom stereocenters. The molecule has 1 rings (SSSR count). The lowest BCUT2D eigenvalue weighted by Crippen LogP contribution is -2.44. The van der Waals surface area contributed by atoms with Crippen LogP contribution in [0.2, 0.25) is 0 Å².